The first-order valence-electron chi connectivity index (χ1n) is 9.03. The molecule has 0 radical (unpaired) electrons. The molecule has 0 atom stereocenters. The second kappa shape index (κ2) is 7.46. The zero-order valence-electron chi connectivity index (χ0n) is 14.7. The first-order valence-corrected chi connectivity index (χ1v) is 10.0. The van der Waals surface area contributed by atoms with E-state index < -0.39 is 11.7 Å². The molecule has 0 bridgehead atoms. The lowest BCUT2D eigenvalue weighted by atomic mass is 10.1. The fourth-order valence-electron chi connectivity index (χ4n) is 3.45. The minimum Gasteiger partial charge on any atom is -0.371 e. The summed E-state index contributed by atoms with van der Waals surface area (Å²) in [6.45, 7) is 2.15. The van der Waals surface area contributed by atoms with Crippen LogP contribution in [-0.2, 0) is 11.9 Å². The fraction of sp³-hybridized carbons (Fsp3) is 0.350. The zero-order chi connectivity index (χ0) is 18.9. The van der Waals surface area contributed by atoms with Crippen molar-refractivity contribution in [1.82, 2.24) is 9.97 Å². The lowest BCUT2D eigenvalue weighted by Crippen LogP contribution is -2.30. The molecular formula is C20H20F3N3S. The van der Waals surface area contributed by atoms with Crippen LogP contribution in [0, 0.1) is 0 Å². The van der Waals surface area contributed by atoms with Gasteiger partial charge >= 0.3 is 6.18 Å². The SMILES string of the molecule is FC(F)(F)c1ccc2nc(SCc3ccccc3N3CCCCC3)[nH]c2c1. The summed E-state index contributed by atoms with van der Waals surface area (Å²) >= 11 is 1.52. The van der Waals surface area contributed by atoms with Gasteiger partial charge in [-0.2, -0.15) is 13.2 Å². The number of hydrogen-bond donors (Lipinski definition) is 1. The number of para-hydroxylation sites is 1. The van der Waals surface area contributed by atoms with Crippen molar-refractivity contribution < 1.29 is 13.2 Å². The average molecular weight is 391 g/mol. The topological polar surface area (TPSA) is 31.9 Å². The predicted molar refractivity (Wildman–Crippen MR) is 103 cm³/mol. The number of hydrogen-bond acceptors (Lipinski definition) is 3. The number of imidazole rings is 1. The van der Waals surface area contributed by atoms with E-state index in [-0.39, 0.29) is 0 Å². The van der Waals surface area contributed by atoms with Crippen LogP contribution < -0.4 is 4.90 Å². The van der Waals surface area contributed by atoms with Gasteiger partial charge in [0, 0.05) is 24.5 Å². The lowest BCUT2D eigenvalue weighted by molar-refractivity contribution is -0.137. The van der Waals surface area contributed by atoms with Crippen molar-refractivity contribution in [3.63, 3.8) is 0 Å². The summed E-state index contributed by atoms with van der Waals surface area (Å²) in [4.78, 5) is 9.86. The molecule has 0 spiro atoms. The average Bonchev–Trinajstić information content (AvgIpc) is 3.09. The van der Waals surface area contributed by atoms with E-state index in [0.717, 1.165) is 31.0 Å². The number of anilines is 1. The highest BCUT2D eigenvalue weighted by Gasteiger charge is 2.30. The maximum atomic E-state index is 12.9. The Morgan fingerprint density at radius 3 is 2.59 bits per heavy atom. The van der Waals surface area contributed by atoms with E-state index in [1.165, 1.54) is 48.3 Å². The van der Waals surface area contributed by atoms with Crippen LogP contribution in [0.4, 0.5) is 18.9 Å². The van der Waals surface area contributed by atoms with Gasteiger partial charge in [-0.15, -0.1) is 0 Å². The Hall–Kier alpha value is -2.15. The number of nitrogens with one attached hydrogen (secondary N) is 1. The number of H-pyrrole nitrogens is 1. The number of aromatic amines is 1. The third-order valence-electron chi connectivity index (χ3n) is 4.84. The summed E-state index contributed by atoms with van der Waals surface area (Å²) in [5, 5.41) is 0.637. The number of thioether (sulfide) groups is 1. The molecule has 142 valence electrons. The van der Waals surface area contributed by atoms with Gasteiger partial charge in [-0.05, 0) is 49.1 Å². The molecule has 0 aliphatic carbocycles. The standard InChI is InChI=1S/C20H20F3N3S/c21-20(22,23)15-8-9-16-17(12-15)25-19(24-16)27-13-14-6-2-3-7-18(14)26-10-4-1-5-11-26/h2-3,6-9,12H,1,4-5,10-11,13H2,(H,24,25). The smallest absolute Gasteiger partial charge is 0.371 e. The summed E-state index contributed by atoms with van der Waals surface area (Å²) in [7, 11) is 0. The van der Waals surface area contributed by atoms with Crippen LogP contribution in [0.15, 0.2) is 47.6 Å². The minimum absolute atomic E-state index is 0.414. The Labute approximate surface area is 160 Å². The molecule has 27 heavy (non-hydrogen) atoms. The largest absolute Gasteiger partial charge is 0.416 e. The van der Waals surface area contributed by atoms with Gasteiger partial charge in [0.05, 0.1) is 16.6 Å². The van der Waals surface area contributed by atoms with E-state index in [1.54, 1.807) is 0 Å². The molecule has 3 nitrogen and oxygen atoms in total. The molecule has 1 aliphatic rings. The molecule has 2 aromatic carbocycles. The first kappa shape index (κ1) is 18.2. The van der Waals surface area contributed by atoms with Gasteiger partial charge in [-0.25, -0.2) is 4.98 Å². The number of rotatable bonds is 4. The number of fused-ring (bicyclic) bond motifs is 1. The number of nitrogens with zero attached hydrogens (tertiary/aromatic N) is 2. The quantitative estimate of drug-likeness (QED) is 0.565. The second-order valence-electron chi connectivity index (χ2n) is 6.74. The number of piperidine rings is 1. The van der Waals surface area contributed by atoms with Gasteiger partial charge in [-0.1, -0.05) is 30.0 Å². The molecule has 1 N–H and O–H groups in total. The number of aromatic nitrogens is 2. The third-order valence-corrected chi connectivity index (χ3v) is 5.76. The van der Waals surface area contributed by atoms with Gasteiger partial charge in [0.25, 0.3) is 0 Å². The Balaban J connectivity index is 1.52. The van der Waals surface area contributed by atoms with Crippen molar-refractivity contribution in [2.75, 3.05) is 18.0 Å². The lowest BCUT2D eigenvalue weighted by Gasteiger charge is -2.30. The molecule has 0 amide bonds. The van der Waals surface area contributed by atoms with Crippen LogP contribution >= 0.6 is 11.8 Å². The monoisotopic (exact) mass is 391 g/mol. The van der Waals surface area contributed by atoms with Crippen molar-refractivity contribution in [2.24, 2.45) is 0 Å². The van der Waals surface area contributed by atoms with Gasteiger partial charge in [0.1, 0.15) is 0 Å². The Bertz CT molecular complexity index is 930. The summed E-state index contributed by atoms with van der Waals surface area (Å²) in [5.41, 5.74) is 2.78. The minimum atomic E-state index is -4.35. The molecule has 1 aliphatic heterocycles. The van der Waals surface area contributed by atoms with Gasteiger partial charge < -0.3 is 9.88 Å². The molecular weight excluding hydrogens is 371 g/mol. The summed E-state index contributed by atoms with van der Waals surface area (Å²) in [6, 6.07) is 11.9. The van der Waals surface area contributed by atoms with Crippen LogP contribution in [-0.4, -0.2) is 23.1 Å². The molecule has 7 heteroatoms. The number of alkyl halides is 3. The van der Waals surface area contributed by atoms with Gasteiger partial charge in [0.2, 0.25) is 0 Å². The normalized spacial score (nSPS) is 15.4. The third kappa shape index (κ3) is 4.08. The van der Waals surface area contributed by atoms with E-state index in [1.807, 2.05) is 6.07 Å². The van der Waals surface area contributed by atoms with Crippen molar-refractivity contribution >= 4 is 28.5 Å². The molecule has 0 saturated carbocycles. The van der Waals surface area contributed by atoms with Crippen LogP contribution in [0.25, 0.3) is 11.0 Å². The van der Waals surface area contributed by atoms with Crippen molar-refractivity contribution in [3.8, 4) is 0 Å². The molecule has 1 saturated heterocycles. The molecule has 2 heterocycles. The molecule has 0 unspecified atom stereocenters. The first-order chi connectivity index (χ1) is 13.0. The molecule has 4 rings (SSSR count). The van der Waals surface area contributed by atoms with Crippen molar-refractivity contribution in [2.45, 2.75) is 36.3 Å². The van der Waals surface area contributed by atoms with Crippen LogP contribution in [0.1, 0.15) is 30.4 Å². The highest BCUT2D eigenvalue weighted by molar-refractivity contribution is 7.98. The van der Waals surface area contributed by atoms with Gasteiger partial charge in [-0.3, -0.25) is 0 Å². The van der Waals surface area contributed by atoms with Crippen LogP contribution in [0.2, 0.25) is 0 Å². The maximum Gasteiger partial charge on any atom is 0.416 e. The van der Waals surface area contributed by atoms with Crippen LogP contribution in [0.5, 0.6) is 0 Å². The Morgan fingerprint density at radius 1 is 1.04 bits per heavy atom. The van der Waals surface area contributed by atoms with E-state index >= 15 is 0 Å². The maximum absolute atomic E-state index is 12.9. The number of halogens is 3. The molecule has 1 aromatic heterocycles. The summed E-state index contributed by atoms with van der Waals surface area (Å²) < 4.78 is 38.6. The van der Waals surface area contributed by atoms with Gasteiger partial charge in [0.15, 0.2) is 5.16 Å². The van der Waals surface area contributed by atoms with E-state index in [9.17, 15) is 13.2 Å². The summed E-state index contributed by atoms with van der Waals surface area (Å²) in [6.07, 6.45) is -0.633. The number of benzene rings is 2. The van der Waals surface area contributed by atoms with Crippen LogP contribution in [0.3, 0.4) is 0 Å². The molecule has 1 fully saturated rings. The van der Waals surface area contributed by atoms with E-state index in [4.69, 9.17) is 0 Å². The summed E-state index contributed by atoms with van der Waals surface area (Å²) in [5.74, 6) is 0.721. The molecule has 3 aromatic rings. The highest BCUT2D eigenvalue weighted by atomic mass is 32.2. The van der Waals surface area contributed by atoms with E-state index in [0.29, 0.717) is 16.2 Å². The Kier molecular flexibility index (Phi) is 5.04. The van der Waals surface area contributed by atoms with Crippen molar-refractivity contribution in [3.05, 3.63) is 53.6 Å². The zero-order valence-corrected chi connectivity index (χ0v) is 15.5. The van der Waals surface area contributed by atoms with Crippen molar-refractivity contribution in [1.29, 1.82) is 0 Å². The Morgan fingerprint density at radius 2 is 1.81 bits per heavy atom. The second-order valence-corrected chi connectivity index (χ2v) is 7.70. The fourth-order valence-corrected chi connectivity index (χ4v) is 4.33. The van der Waals surface area contributed by atoms with E-state index in [2.05, 4.69) is 33.1 Å². The highest BCUT2D eigenvalue weighted by Crippen LogP contribution is 2.33. The predicted octanol–water partition coefficient (Wildman–Crippen LogP) is 5.86.